The van der Waals surface area contributed by atoms with Crippen molar-refractivity contribution in [1.82, 2.24) is 19.7 Å². The minimum absolute atomic E-state index is 0.627. The lowest BCUT2D eigenvalue weighted by Gasteiger charge is -2.32. The minimum Gasteiger partial charge on any atom is -0.315 e. The summed E-state index contributed by atoms with van der Waals surface area (Å²) < 4.78 is 2.46. The van der Waals surface area contributed by atoms with E-state index >= 15 is 0 Å². The molecule has 1 unspecified atom stereocenters. The van der Waals surface area contributed by atoms with Gasteiger partial charge in [-0.05, 0) is 51.0 Å². The van der Waals surface area contributed by atoms with Crippen LogP contribution in [-0.4, -0.2) is 39.3 Å². The smallest absolute Gasteiger partial charge is 0.137 e. The highest BCUT2D eigenvalue weighted by Gasteiger charge is 2.30. The van der Waals surface area contributed by atoms with Gasteiger partial charge in [0.25, 0.3) is 0 Å². The number of hydrogen-bond acceptors (Lipinski definition) is 3. The van der Waals surface area contributed by atoms with E-state index in [0.29, 0.717) is 5.92 Å². The third kappa shape index (κ3) is 2.62. The molecule has 0 aromatic carbocycles. The van der Waals surface area contributed by atoms with Crippen LogP contribution in [0.4, 0.5) is 0 Å². The maximum atomic E-state index is 4.58. The fourth-order valence-electron chi connectivity index (χ4n) is 3.91. The average Bonchev–Trinajstić information content (AvgIpc) is 3.23. The molecular weight excluding hydrogens is 248 g/mol. The van der Waals surface area contributed by atoms with Crippen LogP contribution in [0, 0.1) is 5.92 Å². The van der Waals surface area contributed by atoms with Crippen LogP contribution in [0.5, 0.6) is 0 Å². The predicted molar refractivity (Wildman–Crippen MR) is 78.7 cm³/mol. The van der Waals surface area contributed by atoms with Crippen LogP contribution in [-0.2, 0) is 13.0 Å². The molecule has 4 heteroatoms. The van der Waals surface area contributed by atoms with Crippen molar-refractivity contribution < 1.29 is 0 Å². The Hall–Kier alpha value is -0.900. The van der Waals surface area contributed by atoms with Crippen LogP contribution < -0.4 is 0 Å². The van der Waals surface area contributed by atoms with E-state index in [2.05, 4.69) is 19.7 Å². The first-order valence-electron chi connectivity index (χ1n) is 8.54. The first kappa shape index (κ1) is 12.8. The van der Waals surface area contributed by atoms with Crippen LogP contribution >= 0.6 is 0 Å². The van der Waals surface area contributed by atoms with Gasteiger partial charge in [-0.25, -0.2) is 0 Å². The molecule has 1 aromatic heterocycles. The second-order valence-corrected chi connectivity index (χ2v) is 6.98. The summed E-state index contributed by atoms with van der Waals surface area (Å²) in [7, 11) is 0. The van der Waals surface area contributed by atoms with Gasteiger partial charge in [-0.1, -0.05) is 6.42 Å². The van der Waals surface area contributed by atoms with Crippen molar-refractivity contribution >= 4 is 0 Å². The van der Waals surface area contributed by atoms with Gasteiger partial charge in [-0.2, -0.15) is 0 Å². The zero-order valence-corrected chi connectivity index (χ0v) is 12.4. The fraction of sp³-hybridized carbons (Fsp3) is 0.875. The van der Waals surface area contributed by atoms with Crippen molar-refractivity contribution in [2.45, 2.75) is 63.8 Å². The Morgan fingerprint density at radius 3 is 2.80 bits per heavy atom. The largest absolute Gasteiger partial charge is 0.315 e. The second kappa shape index (κ2) is 5.47. The summed E-state index contributed by atoms with van der Waals surface area (Å²) in [4.78, 5) is 2.68. The fourth-order valence-corrected chi connectivity index (χ4v) is 3.91. The molecule has 110 valence electrons. The number of aromatic nitrogens is 3. The summed E-state index contributed by atoms with van der Waals surface area (Å²) in [6.45, 7) is 5.00. The highest BCUT2D eigenvalue weighted by Crippen LogP contribution is 2.33. The molecule has 1 atom stereocenters. The van der Waals surface area contributed by atoms with E-state index in [0.717, 1.165) is 18.9 Å². The molecule has 2 aliphatic heterocycles. The van der Waals surface area contributed by atoms with Crippen LogP contribution in [0.15, 0.2) is 0 Å². The third-order valence-corrected chi connectivity index (χ3v) is 5.22. The molecule has 0 spiro atoms. The molecule has 4 rings (SSSR count). The van der Waals surface area contributed by atoms with Crippen molar-refractivity contribution in [1.29, 1.82) is 0 Å². The van der Waals surface area contributed by atoms with E-state index in [1.807, 2.05) is 0 Å². The van der Waals surface area contributed by atoms with E-state index in [-0.39, 0.29) is 0 Å². The third-order valence-electron chi connectivity index (χ3n) is 5.22. The number of piperidine rings is 1. The molecule has 20 heavy (non-hydrogen) atoms. The summed E-state index contributed by atoms with van der Waals surface area (Å²) in [5, 5.41) is 9.06. The molecule has 0 amide bonds. The van der Waals surface area contributed by atoms with Gasteiger partial charge >= 0.3 is 0 Å². The lowest BCUT2D eigenvalue weighted by Crippen LogP contribution is -2.36. The number of nitrogens with zero attached hydrogens (tertiary/aromatic N) is 4. The van der Waals surface area contributed by atoms with Crippen LogP contribution in [0.1, 0.15) is 62.5 Å². The molecule has 1 aromatic rings. The Morgan fingerprint density at radius 1 is 0.950 bits per heavy atom. The van der Waals surface area contributed by atoms with Gasteiger partial charge in [0.15, 0.2) is 0 Å². The molecule has 3 aliphatic rings. The van der Waals surface area contributed by atoms with E-state index in [9.17, 15) is 0 Å². The highest BCUT2D eigenvalue weighted by molar-refractivity contribution is 5.06. The number of rotatable bonds is 3. The normalized spacial score (nSPS) is 28.1. The second-order valence-electron chi connectivity index (χ2n) is 6.98. The van der Waals surface area contributed by atoms with E-state index in [1.54, 1.807) is 0 Å². The molecular formula is C16H26N4. The number of aryl methyl sites for hydroxylation is 1. The zero-order valence-electron chi connectivity index (χ0n) is 12.4. The monoisotopic (exact) mass is 274 g/mol. The maximum Gasteiger partial charge on any atom is 0.137 e. The zero-order chi connectivity index (χ0) is 13.4. The average molecular weight is 274 g/mol. The van der Waals surface area contributed by atoms with Gasteiger partial charge in [0.05, 0.1) is 0 Å². The molecule has 1 saturated carbocycles. The quantitative estimate of drug-likeness (QED) is 0.849. The van der Waals surface area contributed by atoms with Crippen molar-refractivity contribution in [3.8, 4) is 0 Å². The summed E-state index contributed by atoms with van der Waals surface area (Å²) in [5.74, 6) is 4.17. The van der Waals surface area contributed by atoms with E-state index in [4.69, 9.17) is 0 Å². The lowest BCUT2D eigenvalue weighted by atomic mass is 9.97. The summed E-state index contributed by atoms with van der Waals surface area (Å²) in [6, 6.07) is 0. The van der Waals surface area contributed by atoms with Crippen LogP contribution in [0.2, 0.25) is 0 Å². The Balaban J connectivity index is 1.49. The first-order valence-corrected chi connectivity index (χ1v) is 8.54. The summed E-state index contributed by atoms with van der Waals surface area (Å²) in [6.07, 6.45) is 10.6. The first-order chi connectivity index (χ1) is 9.90. The van der Waals surface area contributed by atoms with Gasteiger partial charge in [-0.3, -0.25) is 0 Å². The van der Waals surface area contributed by atoms with Crippen molar-refractivity contribution in [3.05, 3.63) is 11.6 Å². The van der Waals surface area contributed by atoms with Crippen molar-refractivity contribution in [2.24, 2.45) is 5.92 Å². The van der Waals surface area contributed by atoms with Gasteiger partial charge < -0.3 is 9.47 Å². The molecule has 1 aliphatic carbocycles. The van der Waals surface area contributed by atoms with Crippen LogP contribution in [0.25, 0.3) is 0 Å². The molecule has 0 bridgehead atoms. The molecule has 0 radical (unpaired) electrons. The van der Waals surface area contributed by atoms with Crippen LogP contribution in [0.3, 0.4) is 0 Å². The Bertz CT molecular complexity index is 463. The molecule has 0 N–H and O–H groups in total. The molecule has 2 fully saturated rings. The van der Waals surface area contributed by atoms with Crippen molar-refractivity contribution in [2.75, 3.05) is 19.6 Å². The molecule has 1 saturated heterocycles. The number of likely N-dealkylation sites (tertiary alicyclic amines) is 1. The van der Waals surface area contributed by atoms with Gasteiger partial charge in [-0.15, -0.1) is 10.2 Å². The SMILES string of the molecule is C1CCc2nnc(C3CCCN(CC4CC4)C3)n2CC1. The Labute approximate surface area is 121 Å². The van der Waals surface area contributed by atoms with E-state index in [1.165, 1.54) is 76.2 Å². The lowest BCUT2D eigenvalue weighted by molar-refractivity contribution is 0.194. The Morgan fingerprint density at radius 2 is 1.90 bits per heavy atom. The topological polar surface area (TPSA) is 34.0 Å². The minimum atomic E-state index is 0.627. The van der Waals surface area contributed by atoms with E-state index < -0.39 is 0 Å². The summed E-state index contributed by atoms with van der Waals surface area (Å²) >= 11 is 0. The highest BCUT2D eigenvalue weighted by atomic mass is 15.3. The van der Waals surface area contributed by atoms with Gasteiger partial charge in [0.1, 0.15) is 11.6 Å². The molecule has 4 nitrogen and oxygen atoms in total. The van der Waals surface area contributed by atoms with Gasteiger partial charge in [0.2, 0.25) is 0 Å². The number of hydrogen-bond donors (Lipinski definition) is 0. The Kier molecular flexibility index (Phi) is 3.51. The molecule has 3 heterocycles. The maximum absolute atomic E-state index is 4.58. The summed E-state index contributed by atoms with van der Waals surface area (Å²) in [5.41, 5.74) is 0. The van der Waals surface area contributed by atoms with Crippen molar-refractivity contribution in [3.63, 3.8) is 0 Å². The van der Waals surface area contributed by atoms with Gasteiger partial charge in [0, 0.05) is 32.0 Å². The predicted octanol–water partition coefficient (Wildman–Crippen LogP) is 2.59. The standard InChI is InChI=1S/C16H26N4/c1-2-6-15-17-18-16(20(15)10-3-1)14-5-4-9-19(12-14)11-13-7-8-13/h13-14H,1-12H2. The number of fused-ring (bicyclic) bond motifs is 1.